The summed E-state index contributed by atoms with van der Waals surface area (Å²) in [4.78, 5) is 0. The molecule has 0 N–H and O–H groups in total. The molecule has 3 heteroatoms. The molecule has 2 heterocycles. The lowest BCUT2D eigenvalue weighted by Crippen LogP contribution is -2.10. The number of fused-ring (bicyclic) bond motifs is 3. The number of halogens is 1. The van der Waals surface area contributed by atoms with Gasteiger partial charge in [0.15, 0.2) is 0 Å². The molecule has 0 aliphatic heterocycles. The monoisotopic (exact) mass is 292 g/mol. The first kappa shape index (κ1) is 12.4. The lowest BCUT2D eigenvalue weighted by Gasteiger charge is -1.93. The van der Waals surface area contributed by atoms with Crippen LogP contribution in [0.2, 0.25) is 5.02 Å². The van der Waals surface area contributed by atoms with Gasteiger partial charge in [-0.15, -0.1) is 0 Å². The summed E-state index contributed by atoms with van der Waals surface area (Å²) in [5.74, 6) is 0. The fourth-order valence-corrected chi connectivity index (χ4v) is 2.96. The Morgan fingerprint density at radius 2 is 1.81 bits per heavy atom. The van der Waals surface area contributed by atoms with E-state index in [0.717, 1.165) is 32.5 Å². The maximum Gasteiger partial charge on any atom is 0.0751 e. The van der Waals surface area contributed by atoms with Gasteiger partial charge in [0.2, 0.25) is 0 Å². The molecular weight excluding hydrogens is 280 g/mol. The molecule has 4 aromatic rings. The lowest BCUT2D eigenvalue weighted by molar-refractivity contribution is 0.922. The third-order valence-electron chi connectivity index (χ3n) is 3.70. The molecule has 0 saturated heterocycles. The molecule has 0 atom stereocenters. The standard InChI is InChI=1S/C18H13ClN2/c1-12-9-17-16-11-14(19)7-8-15(16)18(21(17)20-12)10-13-5-3-2-4-6-13/h2-11H,1H3/b18-10-. The van der Waals surface area contributed by atoms with Crippen molar-refractivity contribution >= 4 is 34.0 Å². The van der Waals surface area contributed by atoms with E-state index in [1.165, 1.54) is 5.39 Å². The first-order valence-electron chi connectivity index (χ1n) is 6.86. The average Bonchev–Trinajstić information content (AvgIpc) is 2.98. The summed E-state index contributed by atoms with van der Waals surface area (Å²) in [5.41, 5.74) is 3.27. The lowest BCUT2D eigenvalue weighted by atomic mass is 10.1. The second kappa shape index (κ2) is 4.61. The summed E-state index contributed by atoms with van der Waals surface area (Å²) >= 11 is 6.16. The molecule has 0 amide bonds. The van der Waals surface area contributed by atoms with Crippen molar-refractivity contribution in [2.45, 2.75) is 6.92 Å². The number of rotatable bonds is 1. The van der Waals surface area contributed by atoms with E-state index in [4.69, 9.17) is 11.6 Å². The zero-order valence-corrected chi connectivity index (χ0v) is 12.3. The van der Waals surface area contributed by atoms with E-state index in [0.29, 0.717) is 0 Å². The summed E-state index contributed by atoms with van der Waals surface area (Å²) in [5, 5.41) is 8.78. The van der Waals surface area contributed by atoms with Crippen LogP contribution < -0.4 is 5.35 Å². The van der Waals surface area contributed by atoms with Crippen LogP contribution in [-0.4, -0.2) is 9.61 Å². The van der Waals surface area contributed by atoms with Gasteiger partial charge in [-0.25, -0.2) is 4.52 Å². The van der Waals surface area contributed by atoms with Crippen molar-refractivity contribution in [3.05, 3.63) is 76.2 Å². The molecule has 0 aliphatic rings. The van der Waals surface area contributed by atoms with Crippen molar-refractivity contribution in [1.82, 2.24) is 9.61 Å². The number of hydrogen-bond acceptors (Lipinski definition) is 1. The van der Waals surface area contributed by atoms with Crippen LogP contribution in [0.5, 0.6) is 0 Å². The molecule has 0 spiro atoms. The smallest absolute Gasteiger partial charge is 0.0751 e. The summed E-state index contributed by atoms with van der Waals surface area (Å²) in [7, 11) is 0. The van der Waals surface area contributed by atoms with Gasteiger partial charge in [-0.05, 0) is 36.8 Å². The second-order valence-electron chi connectivity index (χ2n) is 5.21. The van der Waals surface area contributed by atoms with Crippen molar-refractivity contribution in [3.63, 3.8) is 0 Å². The Morgan fingerprint density at radius 3 is 2.62 bits per heavy atom. The molecule has 0 bridgehead atoms. The van der Waals surface area contributed by atoms with E-state index >= 15 is 0 Å². The van der Waals surface area contributed by atoms with Gasteiger partial charge in [0.25, 0.3) is 0 Å². The van der Waals surface area contributed by atoms with Crippen LogP contribution in [0.15, 0.2) is 54.6 Å². The highest BCUT2D eigenvalue weighted by atomic mass is 35.5. The highest BCUT2D eigenvalue weighted by Crippen LogP contribution is 2.23. The number of nitrogens with zero attached hydrogens (tertiary/aromatic N) is 2. The van der Waals surface area contributed by atoms with Gasteiger partial charge in [-0.3, -0.25) is 0 Å². The number of aromatic nitrogens is 2. The quantitative estimate of drug-likeness (QED) is 0.518. The highest BCUT2D eigenvalue weighted by molar-refractivity contribution is 6.31. The molecule has 0 fully saturated rings. The van der Waals surface area contributed by atoms with Gasteiger partial charge < -0.3 is 0 Å². The van der Waals surface area contributed by atoms with E-state index in [2.05, 4.69) is 35.4 Å². The van der Waals surface area contributed by atoms with Crippen molar-refractivity contribution in [2.75, 3.05) is 0 Å². The highest BCUT2D eigenvalue weighted by Gasteiger charge is 2.10. The van der Waals surface area contributed by atoms with Crippen LogP contribution in [-0.2, 0) is 0 Å². The van der Waals surface area contributed by atoms with Crippen LogP contribution in [0.4, 0.5) is 0 Å². The third-order valence-corrected chi connectivity index (χ3v) is 3.93. The minimum atomic E-state index is 0.750. The van der Waals surface area contributed by atoms with Crippen LogP contribution >= 0.6 is 11.6 Å². The summed E-state index contributed by atoms with van der Waals surface area (Å²) in [6.07, 6.45) is 2.16. The number of aryl methyl sites for hydroxylation is 1. The van der Waals surface area contributed by atoms with Crippen molar-refractivity contribution in [3.8, 4) is 0 Å². The molecule has 2 nitrogen and oxygen atoms in total. The van der Waals surface area contributed by atoms with Crippen LogP contribution in [0.1, 0.15) is 11.3 Å². The Labute approximate surface area is 127 Å². The Kier molecular flexibility index (Phi) is 2.72. The van der Waals surface area contributed by atoms with Gasteiger partial charge in [0.05, 0.1) is 16.6 Å². The summed E-state index contributed by atoms with van der Waals surface area (Å²) in [6, 6.07) is 18.4. The van der Waals surface area contributed by atoms with Gasteiger partial charge in [0, 0.05) is 15.8 Å². The Morgan fingerprint density at radius 1 is 1.00 bits per heavy atom. The molecule has 2 aromatic carbocycles. The Bertz CT molecular complexity index is 1000. The molecule has 2 aromatic heterocycles. The minimum Gasteiger partial charge on any atom is -0.232 e. The normalized spacial score (nSPS) is 12.6. The van der Waals surface area contributed by atoms with Crippen LogP contribution in [0.3, 0.4) is 0 Å². The summed E-state index contributed by atoms with van der Waals surface area (Å²) < 4.78 is 2.00. The van der Waals surface area contributed by atoms with Gasteiger partial charge in [-0.2, -0.15) is 5.10 Å². The van der Waals surface area contributed by atoms with E-state index in [1.54, 1.807) is 0 Å². The van der Waals surface area contributed by atoms with Gasteiger partial charge in [0.1, 0.15) is 0 Å². The molecule has 0 saturated carbocycles. The largest absolute Gasteiger partial charge is 0.232 e. The second-order valence-corrected chi connectivity index (χ2v) is 5.65. The summed E-state index contributed by atoms with van der Waals surface area (Å²) in [6.45, 7) is 2.01. The maximum absolute atomic E-state index is 6.16. The molecule has 4 rings (SSSR count). The van der Waals surface area contributed by atoms with Crippen molar-refractivity contribution < 1.29 is 0 Å². The van der Waals surface area contributed by atoms with Crippen molar-refractivity contribution in [1.29, 1.82) is 0 Å². The molecular formula is C18H13ClN2. The fourth-order valence-electron chi connectivity index (χ4n) is 2.79. The molecule has 0 unspecified atom stereocenters. The average molecular weight is 293 g/mol. The van der Waals surface area contributed by atoms with E-state index in [-0.39, 0.29) is 0 Å². The predicted octanol–water partition coefficient (Wildman–Crippen LogP) is 4.00. The van der Waals surface area contributed by atoms with E-state index in [9.17, 15) is 0 Å². The van der Waals surface area contributed by atoms with Gasteiger partial charge in [-0.1, -0.05) is 48.0 Å². The van der Waals surface area contributed by atoms with Crippen molar-refractivity contribution in [2.24, 2.45) is 0 Å². The number of benzene rings is 2. The fraction of sp³-hybridized carbons (Fsp3) is 0.0556. The predicted molar refractivity (Wildman–Crippen MR) is 87.7 cm³/mol. The topological polar surface area (TPSA) is 17.3 Å². The van der Waals surface area contributed by atoms with Gasteiger partial charge >= 0.3 is 0 Å². The zero-order valence-electron chi connectivity index (χ0n) is 11.5. The van der Waals surface area contributed by atoms with Crippen LogP contribution in [0, 0.1) is 6.92 Å². The van der Waals surface area contributed by atoms with E-state index < -0.39 is 0 Å². The first-order valence-corrected chi connectivity index (χ1v) is 7.24. The van der Waals surface area contributed by atoms with Crippen LogP contribution in [0.25, 0.3) is 22.4 Å². The molecule has 102 valence electrons. The minimum absolute atomic E-state index is 0.750. The molecule has 0 radical (unpaired) electrons. The number of hydrogen-bond donors (Lipinski definition) is 0. The SMILES string of the molecule is Cc1cc2c3cc(Cl)ccc3/c(=C/c3ccccc3)n2n1. The van der Waals surface area contributed by atoms with E-state index in [1.807, 2.05) is 41.8 Å². The molecule has 21 heavy (non-hydrogen) atoms. The molecule has 0 aliphatic carbocycles. The Hall–Kier alpha value is -2.32. The Balaban J connectivity index is 2.17. The maximum atomic E-state index is 6.16. The zero-order chi connectivity index (χ0) is 14.4. The first-order chi connectivity index (χ1) is 10.2. The third kappa shape index (κ3) is 1.99.